The van der Waals surface area contributed by atoms with Gasteiger partial charge in [-0.05, 0) is 42.8 Å². The van der Waals surface area contributed by atoms with Gasteiger partial charge in [0.05, 0.1) is 18.5 Å². The molecule has 0 aliphatic carbocycles. The first-order valence-electron chi connectivity index (χ1n) is 10.1. The number of hydrogen-bond donors (Lipinski definition) is 0. The van der Waals surface area contributed by atoms with Crippen molar-refractivity contribution < 1.29 is 22.5 Å². The summed E-state index contributed by atoms with van der Waals surface area (Å²) in [5, 5.41) is 4.51. The molecule has 2 aromatic carbocycles. The summed E-state index contributed by atoms with van der Waals surface area (Å²) >= 11 is 6.01. The van der Waals surface area contributed by atoms with Crippen LogP contribution in [-0.4, -0.2) is 55.8 Å². The Labute approximate surface area is 198 Å². The standard InChI is InChI=1S/C22H25ClN4O5S/c1-5-19(31-18-11-9-17(10-12-18)27(3)33(4,29)30)22(28)26(2)14-20-24-21(25-32-20)15-7-6-8-16(23)13-15/h6-13,19H,5,14H2,1-4H3/t19-/m1/s1. The lowest BCUT2D eigenvalue weighted by Crippen LogP contribution is -2.39. The van der Waals surface area contributed by atoms with E-state index in [-0.39, 0.29) is 18.3 Å². The summed E-state index contributed by atoms with van der Waals surface area (Å²) in [5.74, 6) is 0.868. The number of hydrogen-bond acceptors (Lipinski definition) is 7. The van der Waals surface area contributed by atoms with Crippen molar-refractivity contribution in [3.05, 3.63) is 59.4 Å². The number of halogens is 1. The number of rotatable bonds is 9. The largest absolute Gasteiger partial charge is 0.481 e. The van der Waals surface area contributed by atoms with Gasteiger partial charge in [-0.1, -0.05) is 35.8 Å². The minimum absolute atomic E-state index is 0.115. The molecular formula is C22H25ClN4O5S. The molecule has 1 aromatic heterocycles. The molecule has 1 atom stereocenters. The van der Waals surface area contributed by atoms with Crippen molar-refractivity contribution in [1.29, 1.82) is 0 Å². The van der Waals surface area contributed by atoms with Crippen LogP contribution in [0.1, 0.15) is 19.2 Å². The first kappa shape index (κ1) is 24.5. The zero-order valence-electron chi connectivity index (χ0n) is 18.7. The Morgan fingerprint density at radius 2 is 1.88 bits per heavy atom. The lowest BCUT2D eigenvalue weighted by Gasteiger charge is -2.23. The van der Waals surface area contributed by atoms with E-state index in [1.807, 2.05) is 13.0 Å². The second-order valence-electron chi connectivity index (χ2n) is 7.46. The van der Waals surface area contributed by atoms with Crippen LogP contribution < -0.4 is 9.04 Å². The molecule has 1 heterocycles. The predicted molar refractivity (Wildman–Crippen MR) is 126 cm³/mol. The van der Waals surface area contributed by atoms with Gasteiger partial charge in [-0.2, -0.15) is 4.98 Å². The van der Waals surface area contributed by atoms with Gasteiger partial charge in [0.2, 0.25) is 21.7 Å². The van der Waals surface area contributed by atoms with Gasteiger partial charge in [0.15, 0.2) is 6.10 Å². The fraction of sp³-hybridized carbons (Fsp3) is 0.318. The molecule has 0 saturated heterocycles. The Hall–Kier alpha value is -3.11. The van der Waals surface area contributed by atoms with Crippen LogP contribution in [0.15, 0.2) is 53.1 Å². The summed E-state index contributed by atoms with van der Waals surface area (Å²) in [5.41, 5.74) is 1.21. The predicted octanol–water partition coefficient (Wildman–Crippen LogP) is 3.60. The zero-order chi connectivity index (χ0) is 24.2. The van der Waals surface area contributed by atoms with Crippen molar-refractivity contribution in [2.45, 2.75) is 26.0 Å². The maximum absolute atomic E-state index is 12.9. The molecular weight excluding hydrogens is 468 g/mol. The van der Waals surface area contributed by atoms with E-state index in [0.29, 0.717) is 34.3 Å². The molecule has 1 amide bonds. The van der Waals surface area contributed by atoms with Crippen LogP contribution in [0, 0.1) is 0 Å². The average Bonchev–Trinajstić information content (AvgIpc) is 3.24. The van der Waals surface area contributed by atoms with E-state index < -0.39 is 16.1 Å². The van der Waals surface area contributed by atoms with Crippen molar-refractivity contribution in [3.63, 3.8) is 0 Å². The fourth-order valence-electron chi connectivity index (χ4n) is 2.99. The van der Waals surface area contributed by atoms with Crippen LogP contribution >= 0.6 is 11.6 Å². The summed E-state index contributed by atoms with van der Waals surface area (Å²) < 4.78 is 35.6. The van der Waals surface area contributed by atoms with E-state index in [1.165, 1.54) is 11.9 Å². The van der Waals surface area contributed by atoms with Crippen molar-refractivity contribution in [3.8, 4) is 17.1 Å². The number of aromatic nitrogens is 2. The Kier molecular flexibility index (Phi) is 7.60. The molecule has 0 fully saturated rings. The van der Waals surface area contributed by atoms with E-state index in [4.69, 9.17) is 20.9 Å². The third-order valence-corrected chi connectivity index (χ3v) is 6.36. The molecule has 0 spiro atoms. The Bertz CT molecular complexity index is 1210. The Balaban J connectivity index is 1.64. The molecule has 0 bridgehead atoms. The number of nitrogens with zero attached hydrogens (tertiary/aromatic N) is 4. The average molecular weight is 493 g/mol. The number of likely N-dealkylation sites (N-methyl/N-ethyl adjacent to an activating group) is 1. The summed E-state index contributed by atoms with van der Waals surface area (Å²) in [6, 6.07) is 13.6. The molecule has 0 aliphatic rings. The number of carbonyl (C=O) groups excluding carboxylic acids is 1. The number of carbonyl (C=O) groups is 1. The molecule has 0 unspecified atom stereocenters. The number of amides is 1. The van der Waals surface area contributed by atoms with Gasteiger partial charge in [0.25, 0.3) is 5.91 Å². The second-order valence-corrected chi connectivity index (χ2v) is 9.91. The molecule has 0 saturated carbocycles. The highest BCUT2D eigenvalue weighted by Gasteiger charge is 2.24. The molecule has 0 radical (unpaired) electrons. The van der Waals surface area contributed by atoms with Crippen molar-refractivity contribution in [2.75, 3.05) is 24.7 Å². The van der Waals surface area contributed by atoms with Gasteiger partial charge in [-0.15, -0.1) is 0 Å². The number of benzene rings is 2. The molecule has 0 aliphatic heterocycles. The highest BCUT2D eigenvalue weighted by atomic mass is 35.5. The fourth-order valence-corrected chi connectivity index (χ4v) is 3.68. The minimum Gasteiger partial charge on any atom is -0.481 e. The molecule has 0 N–H and O–H groups in total. The highest BCUT2D eigenvalue weighted by molar-refractivity contribution is 7.92. The monoisotopic (exact) mass is 492 g/mol. The number of anilines is 1. The highest BCUT2D eigenvalue weighted by Crippen LogP contribution is 2.23. The van der Waals surface area contributed by atoms with Crippen molar-refractivity contribution in [1.82, 2.24) is 15.0 Å². The lowest BCUT2D eigenvalue weighted by atomic mass is 10.2. The quantitative estimate of drug-likeness (QED) is 0.449. The molecule has 3 rings (SSSR count). The van der Waals surface area contributed by atoms with Gasteiger partial charge in [-0.3, -0.25) is 9.10 Å². The third kappa shape index (κ3) is 6.23. The maximum atomic E-state index is 12.9. The van der Waals surface area contributed by atoms with Crippen LogP contribution in [0.4, 0.5) is 5.69 Å². The molecule has 11 heteroatoms. The topological polar surface area (TPSA) is 106 Å². The van der Waals surface area contributed by atoms with Crippen molar-refractivity contribution >= 4 is 33.2 Å². The third-order valence-electron chi connectivity index (χ3n) is 4.92. The second kappa shape index (κ2) is 10.2. The van der Waals surface area contributed by atoms with E-state index in [0.717, 1.165) is 10.6 Å². The lowest BCUT2D eigenvalue weighted by molar-refractivity contribution is -0.138. The molecule has 176 valence electrons. The van der Waals surface area contributed by atoms with Crippen LogP contribution in [0.5, 0.6) is 5.75 Å². The SMILES string of the molecule is CC[C@@H](Oc1ccc(N(C)S(C)(=O)=O)cc1)C(=O)N(C)Cc1nc(-c2cccc(Cl)c2)no1. The van der Waals surface area contributed by atoms with Gasteiger partial charge in [0.1, 0.15) is 5.75 Å². The van der Waals surface area contributed by atoms with Crippen LogP contribution in [-0.2, 0) is 21.4 Å². The molecule has 9 nitrogen and oxygen atoms in total. The van der Waals surface area contributed by atoms with Crippen molar-refractivity contribution in [2.24, 2.45) is 0 Å². The Morgan fingerprint density at radius 1 is 1.18 bits per heavy atom. The summed E-state index contributed by atoms with van der Waals surface area (Å²) in [4.78, 5) is 18.7. The van der Waals surface area contributed by atoms with Crippen LogP contribution in [0.2, 0.25) is 5.02 Å². The van der Waals surface area contributed by atoms with Gasteiger partial charge < -0.3 is 14.2 Å². The summed E-state index contributed by atoms with van der Waals surface area (Å²) in [6.45, 7) is 1.95. The van der Waals surface area contributed by atoms with Gasteiger partial charge >= 0.3 is 0 Å². The number of ether oxygens (including phenoxy) is 1. The smallest absolute Gasteiger partial charge is 0.263 e. The minimum atomic E-state index is -3.36. The van der Waals surface area contributed by atoms with Crippen LogP contribution in [0.3, 0.4) is 0 Å². The first-order valence-corrected chi connectivity index (χ1v) is 12.3. The van der Waals surface area contributed by atoms with E-state index in [9.17, 15) is 13.2 Å². The maximum Gasteiger partial charge on any atom is 0.263 e. The molecule has 3 aromatic rings. The van der Waals surface area contributed by atoms with Gasteiger partial charge in [-0.25, -0.2) is 8.42 Å². The zero-order valence-corrected chi connectivity index (χ0v) is 20.3. The van der Waals surface area contributed by atoms with Gasteiger partial charge in [0, 0.05) is 24.7 Å². The Morgan fingerprint density at radius 3 is 2.48 bits per heavy atom. The summed E-state index contributed by atoms with van der Waals surface area (Å²) in [6.07, 6.45) is 0.829. The number of sulfonamides is 1. The molecule has 33 heavy (non-hydrogen) atoms. The summed E-state index contributed by atoms with van der Waals surface area (Å²) in [7, 11) is -0.271. The van der Waals surface area contributed by atoms with E-state index >= 15 is 0 Å². The normalized spacial score (nSPS) is 12.3. The van der Waals surface area contributed by atoms with E-state index in [2.05, 4.69) is 10.1 Å². The van der Waals surface area contributed by atoms with E-state index in [1.54, 1.807) is 49.5 Å². The van der Waals surface area contributed by atoms with Crippen LogP contribution in [0.25, 0.3) is 11.4 Å². The first-order chi connectivity index (χ1) is 15.6.